The first kappa shape index (κ1) is 16.8. The van der Waals surface area contributed by atoms with Gasteiger partial charge in [0.25, 0.3) is 0 Å². The average Bonchev–Trinajstić information content (AvgIpc) is 3.02. The summed E-state index contributed by atoms with van der Waals surface area (Å²) in [6.45, 7) is 3.52. The minimum atomic E-state index is -0.230. The third kappa shape index (κ3) is 3.13. The second-order valence-electron chi connectivity index (χ2n) is 6.38. The lowest BCUT2D eigenvalue weighted by molar-refractivity contribution is -0.114. The van der Waals surface area contributed by atoms with Crippen LogP contribution in [-0.2, 0) is 11.2 Å². The molecule has 4 rings (SSSR count). The molecule has 2 aliphatic heterocycles. The highest BCUT2D eigenvalue weighted by molar-refractivity contribution is 6.19. The Morgan fingerprint density at radius 3 is 2.67 bits per heavy atom. The molecule has 0 spiro atoms. The van der Waals surface area contributed by atoms with E-state index in [1.54, 1.807) is 18.2 Å². The van der Waals surface area contributed by atoms with E-state index in [-0.39, 0.29) is 12.7 Å². The monoisotopic (exact) mass is 360 g/mol. The summed E-state index contributed by atoms with van der Waals surface area (Å²) in [7, 11) is 0. The number of nitrogens with zero attached hydrogens (tertiary/aromatic N) is 3. The second kappa shape index (κ2) is 6.57. The summed E-state index contributed by atoms with van der Waals surface area (Å²) in [5.41, 5.74) is 4.98. The van der Waals surface area contributed by atoms with Crippen LogP contribution in [0.1, 0.15) is 36.1 Å². The summed E-state index contributed by atoms with van der Waals surface area (Å²) >= 11 is 0. The van der Waals surface area contributed by atoms with Crippen molar-refractivity contribution in [2.75, 3.05) is 12.1 Å². The highest BCUT2D eigenvalue weighted by atomic mass is 16.7. The minimum Gasteiger partial charge on any atom is -0.454 e. The van der Waals surface area contributed by atoms with Crippen LogP contribution in [0.25, 0.3) is 0 Å². The van der Waals surface area contributed by atoms with Gasteiger partial charge in [-0.25, -0.2) is 0 Å². The fourth-order valence-corrected chi connectivity index (χ4v) is 3.16. The molecule has 1 N–H and O–H groups in total. The SMILES string of the molecule is CC(=O)Nc1cc(C#N)ccc1C1=NN=C(C)Cc2cc3c(cc21)OCO3. The Hall–Kier alpha value is -3.66. The lowest BCUT2D eigenvalue weighted by atomic mass is 9.93. The molecule has 7 heteroatoms. The Morgan fingerprint density at radius 1 is 1.15 bits per heavy atom. The highest BCUT2D eigenvalue weighted by Crippen LogP contribution is 2.37. The lowest BCUT2D eigenvalue weighted by Crippen LogP contribution is -2.13. The molecule has 0 bridgehead atoms. The quantitative estimate of drug-likeness (QED) is 0.890. The van der Waals surface area contributed by atoms with Crippen LogP contribution in [0.2, 0.25) is 0 Å². The van der Waals surface area contributed by atoms with Gasteiger partial charge in [-0.2, -0.15) is 10.4 Å². The van der Waals surface area contributed by atoms with Crippen LogP contribution in [0.5, 0.6) is 11.5 Å². The van der Waals surface area contributed by atoms with E-state index in [1.165, 1.54) is 6.92 Å². The molecule has 0 saturated heterocycles. The molecule has 2 aromatic rings. The van der Waals surface area contributed by atoms with Gasteiger partial charge in [-0.3, -0.25) is 4.79 Å². The number of nitrogens with one attached hydrogen (secondary N) is 1. The third-order valence-electron chi connectivity index (χ3n) is 4.34. The van der Waals surface area contributed by atoms with Crippen molar-refractivity contribution in [3.8, 4) is 17.6 Å². The molecule has 7 nitrogen and oxygen atoms in total. The molecule has 27 heavy (non-hydrogen) atoms. The topological polar surface area (TPSA) is 96.1 Å². The van der Waals surface area contributed by atoms with Gasteiger partial charge in [-0.05, 0) is 42.8 Å². The number of nitriles is 1. The fraction of sp³-hybridized carbons (Fsp3) is 0.200. The Labute approximate surface area is 155 Å². The van der Waals surface area contributed by atoms with Crippen molar-refractivity contribution in [1.29, 1.82) is 5.26 Å². The summed E-state index contributed by atoms with van der Waals surface area (Å²) in [6.07, 6.45) is 0.630. The number of ether oxygens (including phenoxy) is 2. The minimum absolute atomic E-state index is 0.186. The average molecular weight is 360 g/mol. The van der Waals surface area contributed by atoms with Gasteiger partial charge in [0.2, 0.25) is 12.7 Å². The zero-order valence-electron chi connectivity index (χ0n) is 14.9. The maximum absolute atomic E-state index is 11.7. The normalized spacial score (nSPS) is 14.4. The van der Waals surface area contributed by atoms with Gasteiger partial charge < -0.3 is 14.8 Å². The number of carbonyl (C=O) groups is 1. The van der Waals surface area contributed by atoms with E-state index in [0.717, 1.165) is 16.8 Å². The molecule has 1 amide bonds. The molecule has 0 fully saturated rings. The number of amides is 1. The molecular weight excluding hydrogens is 344 g/mol. The van der Waals surface area contributed by atoms with Gasteiger partial charge in [-0.1, -0.05) is 0 Å². The molecule has 0 saturated carbocycles. The van der Waals surface area contributed by atoms with Crippen LogP contribution in [0.15, 0.2) is 40.5 Å². The summed E-state index contributed by atoms with van der Waals surface area (Å²) in [5.74, 6) is 1.12. The van der Waals surface area contributed by atoms with Gasteiger partial charge in [0.1, 0.15) is 5.71 Å². The number of hydrogen-bond donors (Lipinski definition) is 1. The number of benzene rings is 2. The zero-order chi connectivity index (χ0) is 19.0. The van der Waals surface area contributed by atoms with Crippen LogP contribution in [0.4, 0.5) is 5.69 Å². The maximum atomic E-state index is 11.7. The van der Waals surface area contributed by atoms with Gasteiger partial charge >= 0.3 is 0 Å². The van der Waals surface area contributed by atoms with Gasteiger partial charge in [-0.15, -0.1) is 5.10 Å². The lowest BCUT2D eigenvalue weighted by Gasteiger charge is -2.14. The first-order valence-corrected chi connectivity index (χ1v) is 8.41. The first-order chi connectivity index (χ1) is 13.0. The van der Waals surface area contributed by atoms with E-state index in [0.29, 0.717) is 40.4 Å². The van der Waals surface area contributed by atoms with E-state index >= 15 is 0 Å². The first-order valence-electron chi connectivity index (χ1n) is 8.41. The van der Waals surface area contributed by atoms with Crippen molar-refractivity contribution in [2.45, 2.75) is 20.3 Å². The Balaban J connectivity index is 1.92. The molecule has 0 unspecified atom stereocenters. The van der Waals surface area contributed by atoms with Crippen LogP contribution >= 0.6 is 0 Å². The van der Waals surface area contributed by atoms with Crippen LogP contribution in [0, 0.1) is 11.3 Å². The maximum Gasteiger partial charge on any atom is 0.231 e. The Kier molecular flexibility index (Phi) is 4.09. The molecule has 0 aliphatic carbocycles. The van der Waals surface area contributed by atoms with Crippen molar-refractivity contribution in [3.05, 3.63) is 52.6 Å². The molecule has 0 atom stereocenters. The summed E-state index contributed by atoms with van der Waals surface area (Å²) in [5, 5.41) is 20.7. The number of fused-ring (bicyclic) bond motifs is 2. The van der Waals surface area contributed by atoms with E-state index in [2.05, 4.69) is 21.6 Å². The van der Waals surface area contributed by atoms with E-state index in [9.17, 15) is 10.1 Å². The molecule has 2 aromatic carbocycles. The predicted octanol–water partition coefficient (Wildman–Crippen LogP) is 3.01. The molecule has 0 radical (unpaired) electrons. The van der Waals surface area contributed by atoms with Crippen LogP contribution in [-0.4, -0.2) is 24.1 Å². The predicted molar refractivity (Wildman–Crippen MR) is 100 cm³/mol. The Bertz CT molecular complexity index is 1060. The summed E-state index contributed by atoms with van der Waals surface area (Å²) in [4.78, 5) is 11.7. The van der Waals surface area contributed by atoms with E-state index in [1.807, 2.05) is 19.1 Å². The number of hydrogen-bond acceptors (Lipinski definition) is 6. The zero-order valence-corrected chi connectivity index (χ0v) is 14.9. The van der Waals surface area contributed by atoms with Gasteiger partial charge in [0, 0.05) is 30.2 Å². The van der Waals surface area contributed by atoms with Crippen molar-refractivity contribution in [3.63, 3.8) is 0 Å². The number of carbonyl (C=O) groups excluding carboxylic acids is 1. The van der Waals surface area contributed by atoms with Crippen LogP contribution < -0.4 is 14.8 Å². The van der Waals surface area contributed by atoms with Crippen molar-refractivity contribution < 1.29 is 14.3 Å². The second-order valence-corrected chi connectivity index (χ2v) is 6.38. The summed E-state index contributed by atoms with van der Waals surface area (Å²) < 4.78 is 11.0. The van der Waals surface area contributed by atoms with E-state index < -0.39 is 0 Å². The smallest absolute Gasteiger partial charge is 0.231 e. The third-order valence-corrected chi connectivity index (χ3v) is 4.34. The number of anilines is 1. The fourth-order valence-electron chi connectivity index (χ4n) is 3.16. The van der Waals surface area contributed by atoms with Crippen molar-refractivity contribution in [2.24, 2.45) is 10.2 Å². The molecular formula is C20H16N4O3. The molecule has 2 heterocycles. The highest BCUT2D eigenvalue weighted by Gasteiger charge is 2.24. The number of rotatable bonds is 2. The molecule has 134 valence electrons. The summed E-state index contributed by atoms with van der Waals surface area (Å²) in [6, 6.07) is 11.0. The Morgan fingerprint density at radius 2 is 1.93 bits per heavy atom. The van der Waals surface area contributed by atoms with Gasteiger partial charge in [0.15, 0.2) is 11.5 Å². The van der Waals surface area contributed by atoms with Crippen LogP contribution in [0.3, 0.4) is 0 Å². The van der Waals surface area contributed by atoms with Gasteiger partial charge in [0.05, 0.1) is 17.3 Å². The molecule has 2 aliphatic rings. The molecule has 0 aromatic heterocycles. The van der Waals surface area contributed by atoms with E-state index in [4.69, 9.17) is 9.47 Å². The standard InChI is InChI=1S/C20H16N4O3/c1-11-5-14-7-18-19(27-10-26-18)8-16(14)20(24-23-11)15-4-3-13(9-21)6-17(15)22-12(2)25/h3-4,6-8H,5,10H2,1-2H3,(H,22,25). The van der Waals surface area contributed by atoms with Crippen molar-refractivity contribution >= 4 is 23.0 Å². The largest absolute Gasteiger partial charge is 0.454 e. The van der Waals surface area contributed by atoms with Crippen molar-refractivity contribution in [1.82, 2.24) is 0 Å².